The van der Waals surface area contributed by atoms with Crippen LogP contribution in [0.25, 0.3) is 0 Å². The van der Waals surface area contributed by atoms with Crippen LogP contribution < -0.4 is 11.5 Å². The molecule has 9 heavy (non-hydrogen) atoms. The molecule has 0 saturated carbocycles. The van der Waals surface area contributed by atoms with Crippen LogP contribution in [0.5, 0.6) is 0 Å². The number of hydrogen-bond donors (Lipinski definition) is 2. The predicted octanol–water partition coefficient (Wildman–Crippen LogP) is -0.358. The Balaban J connectivity index is 3.17. The summed E-state index contributed by atoms with van der Waals surface area (Å²) in [6.45, 7) is 0.656. The third kappa shape index (κ3) is 5.46. The first-order chi connectivity index (χ1) is 4.85. The highest BCUT2D eigenvalue weighted by Crippen LogP contribution is 1.94. The number of unbranched alkanes of at least 4 members (excludes halogenated alkanes) is 1. The molecule has 3 heteroatoms. The van der Waals surface area contributed by atoms with Gasteiger partial charge < -0.3 is 16.3 Å². The van der Waals surface area contributed by atoms with E-state index in [1.165, 1.54) is 0 Å². The monoisotopic (exact) mass is 131 g/mol. The summed E-state index contributed by atoms with van der Waals surface area (Å²) in [6, 6.07) is -0.313. The van der Waals surface area contributed by atoms with E-state index in [-0.39, 0.29) is 6.04 Å². The highest BCUT2D eigenvalue weighted by atomic mass is 16.1. The van der Waals surface area contributed by atoms with Gasteiger partial charge in [0.1, 0.15) is 7.70 Å². The Morgan fingerprint density at radius 3 is 2.89 bits per heavy atom. The molecular weight excluding hydrogens is 116 g/mol. The van der Waals surface area contributed by atoms with Gasteiger partial charge in [-0.3, -0.25) is 0 Å². The maximum atomic E-state index is 10.1. The van der Waals surface area contributed by atoms with Gasteiger partial charge >= 0.3 is 0 Å². The highest BCUT2D eigenvalue weighted by Gasteiger charge is 1.96. The first kappa shape index (κ1) is 6.71. The Morgan fingerprint density at radius 2 is 2.44 bits per heavy atom. The Labute approximate surface area is 56.9 Å². The van der Waals surface area contributed by atoms with E-state index in [2.05, 4.69) is 5.73 Å². The van der Waals surface area contributed by atoms with Crippen molar-refractivity contribution < 1.29 is 6.21 Å². The zero-order chi connectivity index (χ0) is 7.82. The lowest BCUT2D eigenvalue weighted by molar-refractivity contribution is -0.109. The van der Waals surface area contributed by atoms with Crippen molar-refractivity contribution in [1.82, 2.24) is 0 Å². The molecule has 0 amide bonds. The molecule has 1 atom stereocenters. The molecule has 0 aromatic heterocycles. The Hall–Kier alpha value is -0.410. The van der Waals surface area contributed by atoms with Gasteiger partial charge in [0.05, 0.1) is 6.04 Å². The second-order valence-corrected chi connectivity index (χ2v) is 2.03. The van der Waals surface area contributed by atoms with Crippen LogP contribution in [0, 0.1) is 0 Å². The van der Waals surface area contributed by atoms with Crippen molar-refractivity contribution in [3.05, 3.63) is 0 Å². The van der Waals surface area contributed by atoms with Crippen molar-refractivity contribution in [3.63, 3.8) is 0 Å². The first-order valence-corrected chi connectivity index (χ1v) is 3.17. The lowest BCUT2D eigenvalue weighted by atomic mass is 10.1. The fraction of sp³-hybridized carbons (Fsp3) is 0.833. The van der Waals surface area contributed by atoms with Gasteiger partial charge in [0.25, 0.3) is 0 Å². The zero-order valence-corrected chi connectivity index (χ0v) is 5.47. The molecule has 0 heterocycles. The lowest BCUT2D eigenvalue weighted by Crippen LogP contribution is -2.21. The fourth-order valence-electron chi connectivity index (χ4n) is 0.577. The minimum absolute atomic E-state index is 0.313. The van der Waals surface area contributed by atoms with Gasteiger partial charge in [-0.2, -0.15) is 0 Å². The minimum atomic E-state index is -0.313. The molecule has 0 spiro atoms. The Morgan fingerprint density at radius 1 is 1.67 bits per heavy atom. The third-order valence-electron chi connectivity index (χ3n) is 1.13. The van der Waals surface area contributed by atoms with Crippen LogP contribution >= 0.6 is 0 Å². The van der Waals surface area contributed by atoms with Crippen LogP contribution in [-0.4, -0.2) is 18.9 Å². The van der Waals surface area contributed by atoms with Gasteiger partial charge in [0.15, 0.2) is 0 Å². The van der Waals surface area contributed by atoms with E-state index in [1.54, 1.807) is 0 Å². The molecule has 3 nitrogen and oxygen atoms in total. The number of nitrogens with two attached hydrogens (primary N) is 2. The molecule has 4 N–H and O–H groups in total. The molecule has 0 radical (unpaired) electrons. The van der Waals surface area contributed by atoms with Crippen LogP contribution in [-0.2, 0) is 4.79 Å². The number of rotatable bonds is 6. The Kier molecular flexibility index (Phi) is 4.26. The fourth-order valence-corrected chi connectivity index (χ4v) is 0.577. The molecule has 0 bridgehead atoms. The second kappa shape index (κ2) is 5.72. The average molecular weight is 131 g/mol. The van der Waals surface area contributed by atoms with Crippen molar-refractivity contribution in [2.45, 2.75) is 25.3 Å². The molecule has 54 valence electrons. The van der Waals surface area contributed by atoms with Crippen LogP contribution in [0.15, 0.2) is 0 Å². The Bertz CT molecular complexity index is 89.8. The summed E-state index contributed by atoms with van der Waals surface area (Å²) in [6.07, 6.45) is 3.30. The topological polar surface area (TPSA) is 69.1 Å². The molecule has 0 rings (SSSR count). The van der Waals surface area contributed by atoms with Crippen molar-refractivity contribution >= 4 is 6.29 Å². The van der Waals surface area contributed by atoms with Gasteiger partial charge in [-0.05, 0) is 19.4 Å². The van der Waals surface area contributed by atoms with Crippen LogP contribution in [0.3, 0.4) is 0 Å². The quantitative estimate of drug-likeness (QED) is 0.382. The zero-order valence-electron chi connectivity index (χ0n) is 6.47. The third-order valence-corrected chi connectivity index (χ3v) is 1.13. The number of aldehydes is 1. The number of carbonyl (C=O) groups excluding carboxylic acids is 1. The van der Waals surface area contributed by atoms with Crippen molar-refractivity contribution in [2.24, 2.45) is 11.5 Å². The van der Waals surface area contributed by atoms with E-state index >= 15 is 0 Å². The maximum absolute atomic E-state index is 10.1. The van der Waals surface area contributed by atoms with Gasteiger partial charge in [-0.25, -0.2) is 0 Å². The van der Waals surface area contributed by atoms with Crippen LogP contribution in [0.2, 0.25) is 1.41 Å². The highest BCUT2D eigenvalue weighted by molar-refractivity contribution is 5.56. The van der Waals surface area contributed by atoms with E-state index in [4.69, 9.17) is 7.15 Å². The first-order valence-electron chi connectivity index (χ1n) is 3.67. The van der Waals surface area contributed by atoms with Crippen LogP contribution in [0.4, 0.5) is 0 Å². The average Bonchev–Trinajstić information content (AvgIpc) is 1.99. The summed E-state index contributed by atoms with van der Waals surface area (Å²) < 4.78 is 6.68. The van der Waals surface area contributed by atoms with Crippen molar-refractivity contribution in [3.8, 4) is 0 Å². The molecule has 0 aromatic carbocycles. The van der Waals surface area contributed by atoms with E-state index < -0.39 is 0 Å². The normalized spacial score (nSPS) is 14.6. The molecular formula is C6H14N2O. The van der Waals surface area contributed by atoms with Crippen molar-refractivity contribution in [1.29, 1.82) is 0 Å². The number of carbonyl (C=O) groups is 1. The number of hydrogen-bond acceptors (Lipinski definition) is 3. The van der Waals surface area contributed by atoms with Gasteiger partial charge in [-0.1, -0.05) is 6.42 Å². The van der Waals surface area contributed by atoms with E-state index in [9.17, 15) is 4.79 Å². The van der Waals surface area contributed by atoms with Gasteiger partial charge in [-0.15, -0.1) is 0 Å². The summed E-state index contributed by atoms with van der Waals surface area (Å²) in [7, 11) is 0. The van der Waals surface area contributed by atoms with Crippen LogP contribution in [0.1, 0.15) is 19.3 Å². The molecule has 0 aliphatic rings. The van der Waals surface area contributed by atoms with Crippen molar-refractivity contribution in [2.75, 3.05) is 6.54 Å². The second-order valence-electron chi connectivity index (χ2n) is 2.03. The van der Waals surface area contributed by atoms with E-state index in [0.29, 0.717) is 13.0 Å². The van der Waals surface area contributed by atoms with Gasteiger partial charge in [0, 0.05) is 0 Å². The minimum Gasteiger partial charge on any atom is -0.330 e. The maximum Gasteiger partial charge on any atom is 0.136 e. The standard InChI is InChI=1S/C6H14N2O/c7-4-2-1-3-6(8)5-9/h5-6H,1-4,7-8H2/t6-/m0/s1/i/hD. The summed E-state index contributed by atoms with van der Waals surface area (Å²) >= 11 is 0. The summed E-state index contributed by atoms with van der Waals surface area (Å²) in [5.41, 5.74) is 7.39. The molecule has 0 saturated heterocycles. The molecule has 0 aliphatic heterocycles. The smallest absolute Gasteiger partial charge is 0.136 e. The molecule has 0 aromatic rings. The predicted molar refractivity (Wildman–Crippen MR) is 36.9 cm³/mol. The SMILES string of the molecule is [2H]N[C@H](C=O)CCCCN. The lowest BCUT2D eigenvalue weighted by Gasteiger charge is -2.00. The van der Waals surface area contributed by atoms with E-state index in [0.717, 1.165) is 19.1 Å². The van der Waals surface area contributed by atoms with Gasteiger partial charge in [0.2, 0.25) is 0 Å². The molecule has 0 unspecified atom stereocenters. The largest absolute Gasteiger partial charge is 0.330 e. The summed E-state index contributed by atoms with van der Waals surface area (Å²) in [5, 5.41) is 0. The summed E-state index contributed by atoms with van der Waals surface area (Å²) in [4.78, 5) is 10.1. The summed E-state index contributed by atoms with van der Waals surface area (Å²) in [5.74, 6) is 0. The van der Waals surface area contributed by atoms with E-state index in [1.807, 2.05) is 0 Å². The molecule has 0 fully saturated rings. The molecule has 0 aliphatic carbocycles.